The maximum absolute atomic E-state index is 13.4. The third-order valence-electron chi connectivity index (χ3n) is 4.59. The van der Waals surface area contributed by atoms with Crippen LogP contribution in [0.15, 0.2) is 58.9 Å². The summed E-state index contributed by atoms with van der Waals surface area (Å²) in [6.07, 6.45) is 1.52. The van der Waals surface area contributed by atoms with Crippen LogP contribution in [0.5, 0.6) is 5.75 Å². The Hall–Kier alpha value is -2.93. The van der Waals surface area contributed by atoms with Gasteiger partial charge in [0.1, 0.15) is 32.5 Å². The molecule has 0 saturated carbocycles. The second kappa shape index (κ2) is 6.84. The van der Waals surface area contributed by atoms with Gasteiger partial charge in [0.05, 0.1) is 18.4 Å². The van der Waals surface area contributed by atoms with Gasteiger partial charge in [0.15, 0.2) is 0 Å². The number of hydrogen-bond donors (Lipinski definition) is 0. The number of sulfonamides is 1. The van der Waals surface area contributed by atoms with Crippen molar-refractivity contribution in [1.82, 2.24) is 4.98 Å². The van der Waals surface area contributed by atoms with E-state index < -0.39 is 10.0 Å². The number of aromatic nitrogens is 1. The van der Waals surface area contributed by atoms with Crippen LogP contribution < -0.4 is 9.04 Å². The van der Waals surface area contributed by atoms with E-state index in [-0.39, 0.29) is 13.2 Å². The Balaban J connectivity index is 1.60. The highest BCUT2D eigenvalue weighted by molar-refractivity contribution is 7.95. The SMILES string of the molecule is N#Cc1cnc(-c2ccc3c(c2)N(S(=O)(=O)c2cc4ccccc4s2)CCO3)s1. The van der Waals surface area contributed by atoms with Crippen molar-refractivity contribution < 1.29 is 13.2 Å². The highest BCUT2D eigenvalue weighted by Crippen LogP contribution is 2.40. The van der Waals surface area contributed by atoms with Gasteiger partial charge in [-0.25, -0.2) is 13.4 Å². The highest BCUT2D eigenvalue weighted by atomic mass is 32.2. The minimum absolute atomic E-state index is 0.231. The number of nitrogens with zero attached hydrogens (tertiary/aromatic N) is 3. The fourth-order valence-electron chi connectivity index (χ4n) is 3.23. The van der Waals surface area contributed by atoms with Gasteiger partial charge in [0.25, 0.3) is 10.0 Å². The van der Waals surface area contributed by atoms with Crippen LogP contribution in [0.3, 0.4) is 0 Å². The molecule has 3 heterocycles. The zero-order chi connectivity index (χ0) is 20.0. The number of hydrogen-bond acceptors (Lipinski definition) is 7. The summed E-state index contributed by atoms with van der Waals surface area (Å²) in [5.41, 5.74) is 1.23. The molecule has 9 heteroatoms. The van der Waals surface area contributed by atoms with E-state index >= 15 is 0 Å². The van der Waals surface area contributed by atoms with E-state index in [1.807, 2.05) is 30.3 Å². The number of fused-ring (bicyclic) bond motifs is 2. The maximum Gasteiger partial charge on any atom is 0.274 e. The molecular formula is C20H13N3O3S3. The second-order valence-electron chi connectivity index (χ2n) is 6.35. The van der Waals surface area contributed by atoms with Crippen molar-refractivity contribution in [3.8, 4) is 22.4 Å². The largest absolute Gasteiger partial charge is 0.489 e. The predicted molar refractivity (Wildman–Crippen MR) is 114 cm³/mol. The lowest BCUT2D eigenvalue weighted by Gasteiger charge is -2.30. The average Bonchev–Trinajstić information content (AvgIpc) is 3.40. The summed E-state index contributed by atoms with van der Waals surface area (Å²) in [5.74, 6) is 0.516. The zero-order valence-corrected chi connectivity index (χ0v) is 17.4. The molecule has 144 valence electrons. The molecule has 0 unspecified atom stereocenters. The van der Waals surface area contributed by atoms with Crippen molar-refractivity contribution in [2.75, 3.05) is 17.5 Å². The molecule has 0 spiro atoms. The summed E-state index contributed by atoms with van der Waals surface area (Å²) in [6.45, 7) is 0.515. The van der Waals surface area contributed by atoms with Gasteiger partial charge in [-0.3, -0.25) is 4.31 Å². The Labute approximate surface area is 175 Å². The van der Waals surface area contributed by atoms with Crippen LogP contribution in [0.4, 0.5) is 5.69 Å². The Morgan fingerprint density at radius 2 is 2.00 bits per heavy atom. The summed E-state index contributed by atoms with van der Waals surface area (Å²) in [5, 5.41) is 10.6. The minimum atomic E-state index is -3.73. The van der Waals surface area contributed by atoms with Gasteiger partial charge >= 0.3 is 0 Å². The first-order chi connectivity index (χ1) is 14.1. The average molecular weight is 440 g/mol. The van der Waals surface area contributed by atoms with E-state index in [1.54, 1.807) is 18.2 Å². The van der Waals surface area contributed by atoms with Crippen molar-refractivity contribution in [2.45, 2.75) is 4.21 Å². The molecule has 2 aromatic heterocycles. The van der Waals surface area contributed by atoms with Crippen LogP contribution in [-0.4, -0.2) is 26.6 Å². The van der Waals surface area contributed by atoms with Gasteiger partial charge in [-0.05, 0) is 35.7 Å². The van der Waals surface area contributed by atoms with E-state index in [1.165, 1.54) is 33.2 Å². The van der Waals surface area contributed by atoms with Gasteiger partial charge in [0, 0.05) is 10.3 Å². The Kier molecular flexibility index (Phi) is 4.28. The van der Waals surface area contributed by atoms with Gasteiger partial charge in [-0.2, -0.15) is 5.26 Å². The number of thiophene rings is 1. The first-order valence-corrected chi connectivity index (χ1v) is 11.8. The van der Waals surface area contributed by atoms with Crippen molar-refractivity contribution in [2.24, 2.45) is 0 Å². The third kappa shape index (κ3) is 3.06. The third-order valence-corrected chi connectivity index (χ3v) is 8.92. The van der Waals surface area contributed by atoms with Gasteiger partial charge in [-0.1, -0.05) is 18.2 Å². The standard InChI is InChI=1S/C20H13N3O3S3/c21-11-15-12-22-20(27-15)14-5-6-17-16(9-14)23(7-8-26-17)29(24,25)19-10-13-3-1-2-4-18(13)28-19/h1-6,9-10,12H,7-8H2. The highest BCUT2D eigenvalue weighted by Gasteiger charge is 2.32. The first kappa shape index (κ1) is 18.1. The van der Waals surface area contributed by atoms with E-state index in [0.29, 0.717) is 25.5 Å². The molecule has 0 N–H and O–H groups in total. The molecule has 0 aliphatic carbocycles. The zero-order valence-electron chi connectivity index (χ0n) is 14.9. The fourth-order valence-corrected chi connectivity index (χ4v) is 6.90. The Morgan fingerprint density at radius 3 is 2.79 bits per heavy atom. The first-order valence-electron chi connectivity index (χ1n) is 8.71. The van der Waals surface area contributed by atoms with E-state index in [2.05, 4.69) is 11.1 Å². The quantitative estimate of drug-likeness (QED) is 0.470. The van der Waals surface area contributed by atoms with Crippen molar-refractivity contribution >= 4 is 48.5 Å². The van der Waals surface area contributed by atoms with Crippen LogP contribution in [0.25, 0.3) is 20.7 Å². The van der Waals surface area contributed by atoms with E-state index in [0.717, 1.165) is 15.6 Å². The summed E-state index contributed by atoms with van der Waals surface area (Å²) in [6, 6.07) is 16.8. The molecule has 0 fully saturated rings. The van der Waals surface area contributed by atoms with Crippen LogP contribution in [0.1, 0.15) is 4.88 Å². The molecule has 1 aliphatic heterocycles. The minimum Gasteiger partial charge on any atom is -0.489 e. The number of nitriles is 1. The Bertz CT molecular complexity index is 1350. The molecule has 6 nitrogen and oxygen atoms in total. The molecule has 0 atom stereocenters. The summed E-state index contributed by atoms with van der Waals surface area (Å²) in [7, 11) is -3.73. The Morgan fingerprint density at radius 1 is 1.14 bits per heavy atom. The molecule has 0 saturated heterocycles. The monoisotopic (exact) mass is 439 g/mol. The predicted octanol–water partition coefficient (Wildman–Crippen LogP) is 4.48. The van der Waals surface area contributed by atoms with Crippen molar-refractivity contribution in [3.05, 3.63) is 59.6 Å². The number of rotatable bonds is 3. The summed E-state index contributed by atoms with van der Waals surface area (Å²) >= 11 is 2.53. The molecule has 5 rings (SSSR count). The second-order valence-corrected chi connectivity index (χ2v) is 10.6. The van der Waals surface area contributed by atoms with E-state index in [4.69, 9.17) is 10.00 Å². The smallest absolute Gasteiger partial charge is 0.274 e. The van der Waals surface area contributed by atoms with Crippen LogP contribution >= 0.6 is 22.7 Å². The lowest BCUT2D eigenvalue weighted by atomic mass is 10.2. The fraction of sp³-hybridized carbons (Fsp3) is 0.100. The molecule has 2 aromatic carbocycles. The number of benzene rings is 2. The topological polar surface area (TPSA) is 83.3 Å². The van der Waals surface area contributed by atoms with Gasteiger partial charge in [-0.15, -0.1) is 22.7 Å². The maximum atomic E-state index is 13.4. The molecule has 0 bridgehead atoms. The van der Waals surface area contributed by atoms with Crippen molar-refractivity contribution in [3.63, 3.8) is 0 Å². The summed E-state index contributed by atoms with van der Waals surface area (Å²) < 4.78 is 35.2. The molecule has 0 amide bonds. The molecule has 0 radical (unpaired) electrons. The van der Waals surface area contributed by atoms with Crippen molar-refractivity contribution in [1.29, 1.82) is 5.26 Å². The normalized spacial score (nSPS) is 13.7. The van der Waals surface area contributed by atoms with Crippen LogP contribution in [-0.2, 0) is 10.0 Å². The lowest BCUT2D eigenvalue weighted by Crippen LogP contribution is -2.37. The van der Waals surface area contributed by atoms with Gasteiger partial charge < -0.3 is 4.74 Å². The molecular weight excluding hydrogens is 426 g/mol. The molecule has 4 aromatic rings. The van der Waals surface area contributed by atoms with Crippen LogP contribution in [0, 0.1) is 11.3 Å². The van der Waals surface area contributed by atoms with Crippen LogP contribution in [0.2, 0.25) is 0 Å². The lowest BCUT2D eigenvalue weighted by molar-refractivity contribution is 0.316. The number of thiazole rings is 1. The number of anilines is 1. The molecule has 29 heavy (non-hydrogen) atoms. The molecule has 1 aliphatic rings. The summed E-state index contributed by atoms with van der Waals surface area (Å²) in [4.78, 5) is 4.77. The van der Waals surface area contributed by atoms with Gasteiger partial charge in [0.2, 0.25) is 0 Å². The van der Waals surface area contributed by atoms with E-state index in [9.17, 15) is 8.42 Å². The number of ether oxygens (including phenoxy) is 1.